The van der Waals surface area contributed by atoms with Crippen molar-refractivity contribution in [3.8, 4) is 6.07 Å². The Morgan fingerprint density at radius 1 is 1.22 bits per heavy atom. The van der Waals surface area contributed by atoms with Crippen molar-refractivity contribution < 1.29 is 4.39 Å². The first-order valence-electron chi connectivity index (χ1n) is 5.47. The Morgan fingerprint density at radius 3 is 2.72 bits per heavy atom. The van der Waals surface area contributed by atoms with Crippen LogP contribution in [0, 0.1) is 17.1 Å². The van der Waals surface area contributed by atoms with Crippen LogP contribution in [0.5, 0.6) is 0 Å². The van der Waals surface area contributed by atoms with Crippen LogP contribution in [0.1, 0.15) is 11.1 Å². The molecule has 2 nitrogen and oxygen atoms in total. The van der Waals surface area contributed by atoms with Gasteiger partial charge in [-0.05, 0) is 24.3 Å². The SMILES string of the molecule is [B]c1cccc(NCc2ccc(C#N)cc2F)c1. The molecule has 4 heteroatoms. The van der Waals surface area contributed by atoms with E-state index in [1.54, 1.807) is 24.3 Å². The van der Waals surface area contributed by atoms with Crippen LogP contribution in [0.25, 0.3) is 0 Å². The Morgan fingerprint density at radius 2 is 2.06 bits per heavy atom. The third-order valence-electron chi connectivity index (χ3n) is 2.55. The number of nitrogens with zero attached hydrogens (tertiary/aromatic N) is 1. The summed E-state index contributed by atoms with van der Waals surface area (Å²) >= 11 is 0. The van der Waals surface area contributed by atoms with E-state index in [2.05, 4.69) is 5.32 Å². The first kappa shape index (κ1) is 12.2. The molecule has 0 saturated carbocycles. The van der Waals surface area contributed by atoms with Crippen LogP contribution in [0.15, 0.2) is 42.5 Å². The Kier molecular flexibility index (Phi) is 3.64. The summed E-state index contributed by atoms with van der Waals surface area (Å²) in [6, 6.07) is 13.6. The minimum Gasteiger partial charge on any atom is -0.381 e. The highest BCUT2D eigenvalue weighted by atomic mass is 19.1. The maximum Gasteiger partial charge on any atom is 0.129 e. The van der Waals surface area contributed by atoms with Crippen molar-refractivity contribution in [2.24, 2.45) is 0 Å². The summed E-state index contributed by atoms with van der Waals surface area (Å²) in [6.07, 6.45) is 0. The van der Waals surface area contributed by atoms with Gasteiger partial charge in [0.1, 0.15) is 13.7 Å². The minimum atomic E-state index is -0.384. The fourth-order valence-corrected chi connectivity index (χ4v) is 1.61. The van der Waals surface area contributed by atoms with Gasteiger partial charge < -0.3 is 5.32 Å². The van der Waals surface area contributed by atoms with Crippen LogP contribution in [0.2, 0.25) is 0 Å². The first-order valence-corrected chi connectivity index (χ1v) is 5.47. The topological polar surface area (TPSA) is 35.8 Å². The van der Waals surface area contributed by atoms with Gasteiger partial charge in [0.05, 0.1) is 11.6 Å². The molecule has 0 atom stereocenters. The molecule has 2 aromatic carbocycles. The highest BCUT2D eigenvalue weighted by molar-refractivity contribution is 6.32. The average molecular weight is 236 g/mol. The fourth-order valence-electron chi connectivity index (χ4n) is 1.61. The summed E-state index contributed by atoms with van der Waals surface area (Å²) in [5.41, 5.74) is 2.32. The normalized spacial score (nSPS) is 9.78. The van der Waals surface area contributed by atoms with E-state index >= 15 is 0 Å². The summed E-state index contributed by atoms with van der Waals surface area (Å²) in [5, 5.41) is 11.7. The summed E-state index contributed by atoms with van der Waals surface area (Å²) in [6.45, 7) is 0.348. The van der Waals surface area contributed by atoms with Gasteiger partial charge in [-0.1, -0.05) is 23.7 Å². The molecule has 0 saturated heterocycles. The third-order valence-corrected chi connectivity index (χ3v) is 2.55. The number of rotatable bonds is 3. The van der Waals surface area contributed by atoms with E-state index in [1.807, 2.05) is 18.2 Å². The molecule has 2 radical (unpaired) electrons. The monoisotopic (exact) mass is 236 g/mol. The zero-order chi connectivity index (χ0) is 13.0. The van der Waals surface area contributed by atoms with E-state index in [4.69, 9.17) is 13.1 Å². The zero-order valence-corrected chi connectivity index (χ0v) is 9.65. The Labute approximate surface area is 106 Å². The summed E-state index contributed by atoms with van der Waals surface area (Å²) in [4.78, 5) is 0. The van der Waals surface area contributed by atoms with Gasteiger partial charge in [-0.25, -0.2) is 4.39 Å². The number of hydrogen-bond acceptors (Lipinski definition) is 2. The molecular weight excluding hydrogens is 226 g/mol. The molecule has 1 N–H and O–H groups in total. The van der Waals surface area contributed by atoms with Crippen LogP contribution in [0.4, 0.5) is 10.1 Å². The molecule has 86 valence electrons. The summed E-state index contributed by atoms with van der Waals surface area (Å²) in [5.74, 6) is -0.384. The Hall–Kier alpha value is -2.28. The van der Waals surface area contributed by atoms with Crippen molar-refractivity contribution in [1.82, 2.24) is 0 Å². The molecule has 0 aliphatic heterocycles. The number of benzene rings is 2. The average Bonchev–Trinajstić information content (AvgIpc) is 2.37. The van der Waals surface area contributed by atoms with E-state index < -0.39 is 0 Å². The Balaban J connectivity index is 2.09. The molecule has 0 spiro atoms. The van der Waals surface area contributed by atoms with Crippen molar-refractivity contribution in [1.29, 1.82) is 5.26 Å². The largest absolute Gasteiger partial charge is 0.381 e. The molecule has 2 aromatic rings. The number of nitriles is 1. The van der Waals surface area contributed by atoms with Crippen molar-refractivity contribution in [2.75, 3.05) is 5.32 Å². The van der Waals surface area contributed by atoms with Crippen molar-refractivity contribution in [3.63, 3.8) is 0 Å². The van der Waals surface area contributed by atoms with Gasteiger partial charge in [0.15, 0.2) is 0 Å². The summed E-state index contributed by atoms with van der Waals surface area (Å²) in [7, 11) is 5.65. The maximum atomic E-state index is 13.6. The first-order chi connectivity index (χ1) is 8.69. The molecule has 18 heavy (non-hydrogen) atoms. The maximum absolute atomic E-state index is 13.6. The molecule has 0 aliphatic carbocycles. The van der Waals surface area contributed by atoms with Crippen LogP contribution in [-0.4, -0.2) is 7.85 Å². The lowest BCUT2D eigenvalue weighted by Crippen LogP contribution is -2.06. The minimum absolute atomic E-state index is 0.320. The van der Waals surface area contributed by atoms with Gasteiger partial charge in [-0.2, -0.15) is 5.26 Å². The lowest BCUT2D eigenvalue weighted by molar-refractivity contribution is 0.612. The van der Waals surface area contributed by atoms with E-state index in [0.29, 0.717) is 23.1 Å². The van der Waals surface area contributed by atoms with Gasteiger partial charge in [0.2, 0.25) is 0 Å². The number of anilines is 1. The molecule has 2 rings (SSSR count). The van der Waals surface area contributed by atoms with Crippen LogP contribution >= 0.6 is 0 Å². The van der Waals surface area contributed by atoms with Gasteiger partial charge >= 0.3 is 0 Å². The molecule has 0 aliphatic rings. The predicted octanol–water partition coefficient (Wildman–Crippen LogP) is 2.10. The lowest BCUT2D eigenvalue weighted by Gasteiger charge is -2.08. The molecule has 0 fully saturated rings. The van der Waals surface area contributed by atoms with Gasteiger partial charge in [0.25, 0.3) is 0 Å². The zero-order valence-electron chi connectivity index (χ0n) is 9.65. The second-order valence-corrected chi connectivity index (χ2v) is 3.90. The second kappa shape index (κ2) is 5.37. The third kappa shape index (κ3) is 2.89. The number of hydrogen-bond donors (Lipinski definition) is 1. The van der Waals surface area contributed by atoms with Gasteiger partial charge in [-0.15, -0.1) is 0 Å². The lowest BCUT2D eigenvalue weighted by atomic mass is 9.96. The van der Waals surface area contributed by atoms with E-state index in [1.165, 1.54) is 6.07 Å². The molecule has 0 heterocycles. The van der Waals surface area contributed by atoms with Crippen molar-refractivity contribution in [2.45, 2.75) is 6.54 Å². The molecule has 0 bridgehead atoms. The van der Waals surface area contributed by atoms with Crippen LogP contribution in [-0.2, 0) is 6.54 Å². The van der Waals surface area contributed by atoms with E-state index in [9.17, 15) is 4.39 Å². The second-order valence-electron chi connectivity index (χ2n) is 3.90. The van der Waals surface area contributed by atoms with Crippen LogP contribution in [0.3, 0.4) is 0 Å². The predicted molar refractivity (Wildman–Crippen MR) is 70.3 cm³/mol. The fraction of sp³-hybridized carbons (Fsp3) is 0.0714. The van der Waals surface area contributed by atoms with E-state index in [-0.39, 0.29) is 5.82 Å². The van der Waals surface area contributed by atoms with Gasteiger partial charge in [0, 0.05) is 17.8 Å². The highest BCUT2D eigenvalue weighted by Crippen LogP contribution is 2.12. The van der Waals surface area contributed by atoms with Crippen molar-refractivity contribution >= 4 is 19.0 Å². The smallest absolute Gasteiger partial charge is 0.129 e. The quantitative estimate of drug-likeness (QED) is 0.828. The highest BCUT2D eigenvalue weighted by Gasteiger charge is 2.03. The van der Waals surface area contributed by atoms with E-state index in [0.717, 1.165) is 5.69 Å². The number of nitrogens with one attached hydrogen (secondary N) is 1. The molecule has 0 aromatic heterocycles. The van der Waals surface area contributed by atoms with Crippen molar-refractivity contribution in [3.05, 3.63) is 59.4 Å². The summed E-state index contributed by atoms with van der Waals surface area (Å²) < 4.78 is 13.6. The molecule has 0 unspecified atom stereocenters. The molecule has 0 amide bonds. The van der Waals surface area contributed by atoms with Crippen LogP contribution < -0.4 is 10.8 Å². The standard InChI is InChI=1S/C14H10BFN2/c15-12-2-1-3-13(7-12)18-9-11-5-4-10(8-17)6-14(11)16/h1-7,18H,9H2. The Bertz CT molecular complexity index is 605. The molecular formula is C14H10BFN2. The number of halogens is 1. The van der Waals surface area contributed by atoms with Gasteiger partial charge in [-0.3, -0.25) is 0 Å².